The van der Waals surface area contributed by atoms with Gasteiger partial charge < -0.3 is 5.32 Å². The standard InChI is InChI=1S/C26H29N3O/c1-20-7-6-10-24(28-20)18-29-16-15-26(19-29,25(30)27-2)17-21-11-13-23(14-12-21)22-8-4-3-5-9-22/h3-14H,15-19H2,1-2H3,(H,27,30)/t26-/m1/s1. The molecule has 4 nitrogen and oxygen atoms in total. The zero-order valence-corrected chi connectivity index (χ0v) is 17.8. The Labute approximate surface area is 179 Å². The van der Waals surface area contributed by atoms with E-state index in [2.05, 4.69) is 69.8 Å². The number of rotatable bonds is 6. The molecule has 0 aliphatic carbocycles. The number of benzene rings is 2. The van der Waals surface area contributed by atoms with Crippen molar-refractivity contribution in [1.29, 1.82) is 0 Å². The van der Waals surface area contributed by atoms with Crippen LogP contribution in [0, 0.1) is 12.3 Å². The maximum atomic E-state index is 12.9. The van der Waals surface area contributed by atoms with Gasteiger partial charge in [0.1, 0.15) is 0 Å². The summed E-state index contributed by atoms with van der Waals surface area (Å²) in [5, 5.41) is 2.92. The summed E-state index contributed by atoms with van der Waals surface area (Å²) in [5.74, 6) is 0.134. The fourth-order valence-corrected chi connectivity index (χ4v) is 4.52. The maximum absolute atomic E-state index is 12.9. The summed E-state index contributed by atoms with van der Waals surface area (Å²) in [4.78, 5) is 19.9. The molecule has 1 aliphatic rings. The van der Waals surface area contributed by atoms with Gasteiger partial charge in [-0.15, -0.1) is 0 Å². The lowest BCUT2D eigenvalue weighted by molar-refractivity contribution is -0.130. The van der Waals surface area contributed by atoms with E-state index >= 15 is 0 Å². The molecule has 4 rings (SSSR count). The number of carbonyl (C=O) groups is 1. The van der Waals surface area contributed by atoms with E-state index in [4.69, 9.17) is 0 Å². The van der Waals surface area contributed by atoms with Crippen LogP contribution in [0.1, 0.15) is 23.4 Å². The van der Waals surface area contributed by atoms with Crippen LogP contribution >= 0.6 is 0 Å². The van der Waals surface area contributed by atoms with E-state index in [1.165, 1.54) is 16.7 Å². The number of pyridine rings is 1. The molecule has 0 saturated carbocycles. The van der Waals surface area contributed by atoms with Gasteiger partial charge in [-0.05, 0) is 55.1 Å². The third-order valence-electron chi connectivity index (χ3n) is 6.08. The molecular weight excluding hydrogens is 370 g/mol. The van der Waals surface area contributed by atoms with Crippen molar-refractivity contribution in [3.05, 3.63) is 89.7 Å². The van der Waals surface area contributed by atoms with Crippen molar-refractivity contribution in [1.82, 2.24) is 15.2 Å². The quantitative estimate of drug-likeness (QED) is 0.674. The molecule has 0 spiro atoms. The largest absolute Gasteiger partial charge is 0.359 e. The van der Waals surface area contributed by atoms with E-state index in [0.29, 0.717) is 0 Å². The summed E-state index contributed by atoms with van der Waals surface area (Å²) in [6.07, 6.45) is 1.61. The molecular formula is C26H29N3O. The summed E-state index contributed by atoms with van der Waals surface area (Å²) in [7, 11) is 1.74. The molecule has 30 heavy (non-hydrogen) atoms. The van der Waals surface area contributed by atoms with Gasteiger partial charge in [-0.1, -0.05) is 60.7 Å². The molecule has 4 heteroatoms. The number of nitrogens with one attached hydrogen (secondary N) is 1. The van der Waals surface area contributed by atoms with Gasteiger partial charge >= 0.3 is 0 Å². The fraction of sp³-hybridized carbons (Fsp3) is 0.308. The minimum Gasteiger partial charge on any atom is -0.359 e. The first-order chi connectivity index (χ1) is 14.6. The number of aryl methyl sites for hydroxylation is 1. The molecule has 1 amide bonds. The fourth-order valence-electron chi connectivity index (χ4n) is 4.52. The lowest BCUT2D eigenvalue weighted by atomic mass is 9.79. The molecule has 1 fully saturated rings. The summed E-state index contributed by atoms with van der Waals surface area (Å²) >= 11 is 0. The molecule has 3 aromatic rings. The van der Waals surface area contributed by atoms with Crippen LogP contribution in [0.4, 0.5) is 0 Å². The Hall–Kier alpha value is -2.98. The van der Waals surface area contributed by atoms with Crippen LogP contribution in [0.3, 0.4) is 0 Å². The Morgan fingerprint density at radius 2 is 1.73 bits per heavy atom. The monoisotopic (exact) mass is 399 g/mol. The lowest BCUT2D eigenvalue weighted by Crippen LogP contribution is -2.43. The minimum absolute atomic E-state index is 0.134. The summed E-state index contributed by atoms with van der Waals surface area (Å²) < 4.78 is 0. The second-order valence-corrected chi connectivity index (χ2v) is 8.33. The van der Waals surface area contributed by atoms with Crippen LogP contribution in [0.25, 0.3) is 11.1 Å². The van der Waals surface area contributed by atoms with E-state index < -0.39 is 5.41 Å². The average Bonchev–Trinajstić information content (AvgIpc) is 3.18. The Bertz CT molecular complexity index is 1000. The molecule has 2 aromatic carbocycles. The van der Waals surface area contributed by atoms with Gasteiger partial charge in [-0.2, -0.15) is 0 Å². The molecule has 1 N–H and O–H groups in total. The van der Waals surface area contributed by atoms with Crippen molar-refractivity contribution in [3.8, 4) is 11.1 Å². The maximum Gasteiger partial charge on any atom is 0.227 e. The topological polar surface area (TPSA) is 45.2 Å². The van der Waals surface area contributed by atoms with Gasteiger partial charge in [0, 0.05) is 25.8 Å². The van der Waals surface area contributed by atoms with Gasteiger partial charge in [-0.3, -0.25) is 14.7 Å². The first-order valence-corrected chi connectivity index (χ1v) is 10.6. The lowest BCUT2D eigenvalue weighted by Gasteiger charge is -2.28. The number of amides is 1. The van der Waals surface area contributed by atoms with Crippen molar-refractivity contribution in [2.75, 3.05) is 20.1 Å². The van der Waals surface area contributed by atoms with E-state index in [9.17, 15) is 4.79 Å². The number of carbonyl (C=O) groups excluding carboxylic acids is 1. The summed E-state index contributed by atoms with van der Waals surface area (Å²) in [6.45, 7) is 4.46. The third kappa shape index (κ3) is 4.44. The molecule has 0 radical (unpaired) electrons. The van der Waals surface area contributed by atoms with Gasteiger partial charge in [0.05, 0.1) is 11.1 Å². The van der Waals surface area contributed by atoms with Crippen LogP contribution in [0.2, 0.25) is 0 Å². The molecule has 0 unspecified atom stereocenters. The molecule has 1 saturated heterocycles. The van der Waals surface area contributed by atoms with Crippen molar-refractivity contribution >= 4 is 5.91 Å². The van der Waals surface area contributed by atoms with Crippen LogP contribution in [-0.4, -0.2) is 35.9 Å². The number of aromatic nitrogens is 1. The SMILES string of the molecule is CNC(=O)[C@@]1(Cc2ccc(-c3ccccc3)cc2)CCN(Cc2cccc(C)n2)C1. The number of likely N-dealkylation sites (tertiary alicyclic amines) is 1. The highest BCUT2D eigenvalue weighted by Crippen LogP contribution is 2.35. The molecule has 0 bridgehead atoms. The predicted octanol–water partition coefficient (Wildman–Crippen LogP) is 4.24. The first-order valence-electron chi connectivity index (χ1n) is 10.6. The Kier molecular flexibility index (Phi) is 5.96. The van der Waals surface area contributed by atoms with Crippen LogP contribution in [0.15, 0.2) is 72.8 Å². The molecule has 154 valence electrons. The second-order valence-electron chi connectivity index (χ2n) is 8.33. The number of hydrogen-bond acceptors (Lipinski definition) is 3. The van der Waals surface area contributed by atoms with E-state index in [0.717, 1.165) is 43.9 Å². The van der Waals surface area contributed by atoms with Gasteiger partial charge in [0.25, 0.3) is 0 Å². The highest BCUT2D eigenvalue weighted by molar-refractivity contribution is 5.83. The second kappa shape index (κ2) is 8.80. The average molecular weight is 400 g/mol. The summed E-state index contributed by atoms with van der Waals surface area (Å²) in [5.41, 5.74) is 5.31. The van der Waals surface area contributed by atoms with Crippen LogP contribution < -0.4 is 5.32 Å². The Balaban J connectivity index is 1.50. The van der Waals surface area contributed by atoms with Gasteiger partial charge in [0.15, 0.2) is 0 Å². The normalized spacial score (nSPS) is 19.0. The Morgan fingerprint density at radius 3 is 2.43 bits per heavy atom. The van der Waals surface area contributed by atoms with Gasteiger partial charge in [0.2, 0.25) is 5.91 Å². The minimum atomic E-state index is -0.396. The van der Waals surface area contributed by atoms with E-state index in [1.54, 1.807) is 7.05 Å². The van der Waals surface area contributed by atoms with Crippen molar-refractivity contribution in [2.45, 2.75) is 26.3 Å². The van der Waals surface area contributed by atoms with Crippen molar-refractivity contribution in [3.63, 3.8) is 0 Å². The van der Waals surface area contributed by atoms with Crippen molar-refractivity contribution in [2.24, 2.45) is 5.41 Å². The van der Waals surface area contributed by atoms with Crippen LogP contribution in [0.5, 0.6) is 0 Å². The number of nitrogens with zero attached hydrogens (tertiary/aromatic N) is 2. The molecule has 2 heterocycles. The summed E-state index contributed by atoms with van der Waals surface area (Å²) in [6, 6.07) is 25.2. The van der Waals surface area contributed by atoms with E-state index in [-0.39, 0.29) is 5.91 Å². The highest BCUT2D eigenvalue weighted by atomic mass is 16.2. The molecule has 1 atom stereocenters. The zero-order chi connectivity index (χ0) is 21.0. The molecule has 1 aromatic heterocycles. The zero-order valence-electron chi connectivity index (χ0n) is 17.8. The first kappa shape index (κ1) is 20.3. The number of hydrogen-bond donors (Lipinski definition) is 1. The third-order valence-corrected chi connectivity index (χ3v) is 6.08. The van der Waals surface area contributed by atoms with Crippen LogP contribution in [-0.2, 0) is 17.8 Å². The van der Waals surface area contributed by atoms with E-state index in [1.807, 2.05) is 25.1 Å². The smallest absolute Gasteiger partial charge is 0.227 e. The highest BCUT2D eigenvalue weighted by Gasteiger charge is 2.44. The van der Waals surface area contributed by atoms with Crippen molar-refractivity contribution < 1.29 is 4.79 Å². The van der Waals surface area contributed by atoms with Gasteiger partial charge in [-0.25, -0.2) is 0 Å². The predicted molar refractivity (Wildman–Crippen MR) is 121 cm³/mol. The Morgan fingerprint density at radius 1 is 1.00 bits per heavy atom. The molecule has 1 aliphatic heterocycles.